The van der Waals surface area contributed by atoms with Crippen LogP contribution in [0.25, 0.3) is 0 Å². The van der Waals surface area contributed by atoms with E-state index in [9.17, 15) is 9.59 Å². The fourth-order valence-electron chi connectivity index (χ4n) is 2.29. The molecule has 18 heavy (non-hydrogen) atoms. The number of fused-ring (bicyclic) bond motifs is 1. The van der Waals surface area contributed by atoms with Crippen LogP contribution in [0.15, 0.2) is 18.2 Å². The van der Waals surface area contributed by atoms with Gasteiger partial charge in [0, 0.05) is 13.1 Å². The van der Waals surface area contributed by atoms with Crippen LogP contribution in [-0.4, -0.2) is 34.5 Å². The van der Waals surface area contributed by atoms with Crippen molar-refractivity contribution in [1.29, 1.82) is 0 Å². The number of benzene rings is 1. The normalized spacial score (nSPS) is 16.0. The van der Waals surface area contributed by atoms with E-state index in [1.807, 2.05) is 6.07 Å². The van der Waals surface area contributed by atoms with Crippen LogP contribution in [0.5, 0.6) is 0 Å². The molecule has 1 aliphatic heterocycles. The van der Waals surface area contributed by atoms with Crippen LogP contribution in [0.4, 0.5) is 0 Å². The van der Waals surface area contributed by atoms with Crippen molar-refractivity contribution in [2.75, 3.05) is 6.54 Å². The second kappa shape index (κ2) is 4.78. The highest BCUT2D eigenvalue weighted by Gasteiger charge is 2.25. The molecule has 1 heterocycles. The molecule has 0 bridgehead atoms. The molecule has 0 aromatic heterocycles. The van der Waals surface area contributed by atoms with Crippen molar-refractivity contribution >= 4 is 11.9 Å². The number of rotatable bonds is 2. The maximum absolute atomic E-state index is 11.8. The summed E-state index contributed by atoms with van der Waals surface area (Å²) in [5.41, 5.74) is 7.64. The van der Waals surface area contributed by atoms with Gasteiger partial charge >= 0.3 is 5.97 Å². The van der Waals surface area contributed by atoms with Crippen molar-refractivity contribution in [3.8, 4) is 0 Å². The SMILES string of the molecule is CC(N)C(=O)N1CCc2c(cccc2C(=O)O)C1. The number of aromatic carboxylic acids is 1. The van der Waals surface area contributed by atoms with Gasteiger partial charge in [-0.3, -0.25) is 4.79 Å². The van der Waals surface area contributed by atoms with Crippen LogP contribution in [0.2, 0.25) is 0 Å². The largest absolute Gasteiger partial charge is 0.478 e. The molecule has 3 N–H and O–H groups in total. The standard InChI is InChI=1S/C13H16N2O3/c1-8(14)12(16)15-6-5-10-9(7-15)3-2-4-11(10)13(17)18/h2-4,8H,5-7,14H2,1H3,(H,17,18). The minimum Gasteiger partial charge on any atom is -0.478 e. The Morgan fingerprint density at radius 1 is 1.44 bits per heavy atom. The third kappa shape index (κ3) is 2.22. The molecule has 2 rings (SSSR count). The third-order valence-corrected chi connectivity index (χ3v) is 3.20. The van der Waals surface area contributed by atoms with E-state index in [2.05, 4.69) is 0 Å². The van der Waals surface area contributed by atoms with Crippen LogP contribution in [0.1, 0.15) is 28.4 Å². The Hall–Kier alpha value is -1.88. The summed E-state index contributed by atoms with van der Waals surface area (Å²) in [4.78, 5) is 24.6. The Morgan fingerprint density at radius 2 is 2.17 bits per heavy atom. The van der Waals surface area contributed by atoms with Crippen molar-refractivity contribution in [1.82, 2.24) is 4.90 Å². The Kier molecular flexibility index (Phi) is 3.34. The molecule has 0 saturated carbocycles. The molecule has 0 spiro atoms. The molecule has 0 radical (unpaired) electrons. The molecule has 1 atom stereocenters. The average Bonchev–Trinajstić information content (AvgIpc) is 2.36. The number of carbonyl (C=O) groups excluding carboxylic acids is 1. The predicted octanol–water partition coefficient (Wildman–Crippen LogP) is 0.617. The van der Waals surface area contributed by atoms with Crippen molar-refractivity contribution in [3.05, 3.63) is 34.9 Å². The van der Waals surface area contributed by atoms with Crippen LogP contribution in [0, 0.1) is 0 Å². The van der Waals surface area contributed by atoms with Gasteiger partial charge in [-0.15, -0.1) is 0 Å². The minimum absolute atomic E-state index is 0.0959. The number of nitrogens with two attached hydrogens (primary N) is 1. The quantitative estimate of drug-likeness (QED) is 0.803. The van der Waals surface area contributed by atoms with Crippen molar-refractivity contribution in [3.63, 3.8) is 0 Å². The Morgan fingerprint density at radius 3 is 2.78 bits per heavy atom. The van der Waals surface area contributed by atoms with Crippen molar-refractivity contribution in [2.45, 2.75) is 25.9 Å². The zero-order valence-corrected chi connectivity index (χ0v) is 10.2. The molecular weight excluding hydrogens is 232 g/mol. The molecule has 5 heteroatoms. The molecule has 1 aromatic rings. The summed E-state index contributed by atoms with van der Waals surface area (Å²) in [5.74, 6) is -1.01. The average molecular weight is 248 g/mol. The molecule has 1 amide bonds. The summed E-state index contributed by atoms with van der Waals surface area (Å²) in [7, 11) is 0. The van der Waals surface area contributed by atoms with E-state index in [-0.39, 0.29) is 5.91 Å². The predicted molar refractivity (Wildman–Crippen MR) is 66.2 cm³/mol. The highest BCUT2D eigenvalue weighted by molar-refractivity contribution is 5.90. The smallest absolute Gasteiger partial charge is 0.335 e. The van der Waals surface area contributed by atoms with Gasteiger partial charge < -0.3 is 15.7 Å². The molecule has 0 saturated heterocycles. The lowest BCUT2D eigenvalue weighted by molar-refractivity contribution is -0.133. The van der Waals surface area contributed by atoms with Crippen molar-refractivity contribution < 1.29 is 14.7 Å². The number of hydrogen-bond acceptors (Lipinski definition) is 3. The fourth-order valence-corrected chi connectivity index (χ4v) is 2.29. The van der Waals surface area contributed by atoms with Gasteiger partial charge in [0.15, 0.2) is 0 Å². The van der Waals surface area contributed by atoms with Gasteiger partial charge in [-0.1, -0.05) is 12.1 Å². The maximum Gasteiger partial charge on any atom is 0.335 e. The molecule has 1 aliphatic rings. The summed E-state index contributed by atoms with van der Waals surface area (Å²) in [6.07, 6.45) is 0.566. The van der Waals surface area contributed by atoms with E-state index in [1.165, 1.54) is 0 Å². The summed E-state index contributed by atoms with van der Waals surface area (Å²) in [6.45, 7) is 2.63. The summed E-state index contributed by atoms with van der Waals surface area (Å²) >= 11 is 0. The Bertz CT molecular complexity index is 497. The molecule has 5 nitrogen and oxygen atoms in total. The molecular formula is C13H16N2O3. The molecule has 1 unspecified atom stereocenters. The number of nitrogens with zero attached hydrogens (tertiary/aromatic N) is 1. The lowest BCUT2D eigenvalue weighted by atomic mass is 9.94. The highest BCUT2D eigenvalue weighted by atomic mass is 16.4. The Balaban J connectivity index is 2.28. The van der Waals surface area contributed by atoms with Crippen molar-refractivity contribution in [2.24, 2.45) is 5.73 Å². The first-order chi connectivity index (χ1) is 8.50. The molecule has 96 valence electrons. The fraction of sp³-hybridized carbons (Fsp3) is 0.385. The van der Waals surface area contributed by atoms with E-state index in [4.69, 9.17) is 10.8 Å². The van der Waals surface area contributed by atoms with E-state index in [1.54, 1.807) is 24.0 Å². The summed E-state index contributed by atoms with van der Waals surface area (Å²) < 4.78 is 0. The second-order valence-electron chi connectivity index (χ2n) is 4.55. The van der Waals surface area contributed by atoms with Gasteiger partial charge in [0.1, 0.15) is 0 Å². The van der Waals surface area contributed by atoms with Gasteiger partial charge in [0.2, 0.25) is 5.91 Å². The van der Waals surface area contributed by atoms with E-state index in [0.29, 0.717) is 25.1 Å². The number of hydrogen-bond donors (Lipinski definition) is 2. The third-order valence-electron chi connectivity index (χ3n) is 3.20. The van der Waals surface area contributed by atoms with Gasteiger partial charge in [-0.05, 0) is 30.5 Å². The summed E-state index contributed by atoms with van der Waals surface area (Å²) in [6, 6.07) is 4.66. The molecule has 0 fully saturated rings. The van der Waals surface area contributed by atoms with E-state index >= 15 is 0 Å². The van der Waals surface area contributed by atoms with Gasteiger partial charge in [0.05, 0.1) is 11.6 Å². The van der Waals surface area contributed by atoms with Crippen LogP contribution in [-0.2, 0) is 17.8 Å². The first-order valence-electron chi connectivity index (χ1n) is 5.89. The van der Waals surface area contributed by atoms with Gasteiger partial charge in [0.25, 0.3) is 0 Å². The molecule has 0 aliphatic carbocycles. The van der Waals surface area contributed by atoms with Gasteiger partial charge in [-0.25, -0.2) is 4.79 Å². The topological polar surface area (TPSA) is 83.6 Å². The monoisotopic (exact) mass is 248 g/mol. The molecule has 1 aromatic carbocycles. The lowest BCUT2D eigenvalue weighted by Gasteiger charge is -2.30. The summed E-state index contributed by atoms with van der Waals surface area (Å²) in [5, 5.41) is 9.10. The highest BCUT2D eigenvalue weighted by Crippen LogP contribution is 2.23. The zero-order valence-electron chi connectivity index (χ0n) is 10.2. The Labute approximate surface area is 105 Å². The lowest BCUT2D eigenvalue weighted by Crippen LogP contribution is -2.44. The van der Waals surface area contributed by atoms with E-state index < -0.39 is 12.0 Å². The number of carbonyl (C=O) groups is 2. The first-order valence-corrected chi connectivity index (χ1v) is 5.89. The maximum atomic E-state index is 11.8. The van der Waals surface area contributed by atoms with Crippen LogP contribution >= 0.6 is 0 Å². The van der Waals surface area contributed by atoms with E-state index in [0.717, 1.165) is 11.1 Å². The first kappa shape index (κ1) is 12.6. The number of amides is 1. The van der Waals surface area contributed by atoms with Crippen LogP contribution in [0.3, 0.4) is 0 Å². The van der Waals surface area contributed by atoms with Gasteiger partial charge in [-0.2, -0.15) is 0 Å². The second-order valence-corrected chi connectivity index (χ2v) is 4.55. The van der Waals surface area contributed by atoms with Crippen LogP contribution < -0.4 is 5.73 Å². The zero-order chi connectivity index (χ0) is 13.3. The number of carboxylic acids is 1. The number of carboxylic acid groups (broad SMARTS) is 1. The minimum atomic E-state index is -0.918.